The van der Waals surface area contributed by atoms with Gasteiger partial charge in [-0.05, 0) is 18.1 Å². The SMILES string of the molecule is Cc1ccccc1Cc1nccn1C(=S)S. The highest BCUT2D eigenvalue weighted by atomic mass is 32.1. The van der Waals surface area contributed by atoms with Gasteiger partial charge in [-0.2, -0.15) is 0 Å². The normalized spacial score (nSPS) is 10.4. The lowest BCUT2D eigenvalue weighted by Crippen LogP contribution is -2.07. The molecule has 0 spiro atoms. The third-order valence-corrected chi connectivity index (χ3v) is 2.95. The van der Waals surface area contributed by atoms with Crippen LogP contribution in [0.1, 0.15) is 17.0 Å². The first-order valence-electron chi connectivity index (χ1n) is 4.98. The average molecular weight is 248 g/mol. The van der Waals surface area contributed by atoms with Gasteiger partial charge in [0.05, 0.1) is 0 Å². The molecule has 0 amide bonds. The first-order chi connectivity index (χ1) is 7.68. The maximum Gasteiger partial charge on any atom is 0.142 e. The number of hydrogen-bond acceptors (Lipinski definition) is 2. The molecule has 1 heterocycles. The van der Waals surface area contributed by atoms with Gasteiger partial charge < -0.3 is 0 Å². The van der Waals surface area contributed by atoms with Crippen molar-refractivity contribution < 1.29 is 0 Å². The fraction of sp³-hybridized carbons (Fsp3) is 0.167. The van der Waals surface area contributed by atoms with E-state index >= 15 is 0 Å². The molecule has 82 valence electrons. The lowest BCUT2D eigenvalue weighted by molar-refractivity contribution is 0.960. The van der Waals surface area contributed by atoms with E-state index in [2.05, 4.69) is 36.7 Å². The van der Waals surface area contributed by atoms with Gasteiger partial charge in [0.25, 0.3) is 0 Å². The van der Waals surface area contributed by atoms with Crippen LogP contribution in [0.4, 0.5) is 0 Å². The van der Waals surface area contributed by atoms with E-state index in [4.69, 9.17) is 12.2 Å². The largest absolute Gasteiger partial charge is 0.289 e. The van der Waals surface area contributed by atoms with Gasteiger partial charge in [-0.25, -0.2) is 4.98 Å². The Morgan fingerprint density at radius 3 is 2.88 bits per heavy atom. The van der Waals surface area contributed by atoms with E-state index in [0.717, 1.165) is 12.2 Å². The Bertz CT molecular complexity index is 517. The van der Waals surface area contributed by atoms with Crippen molar-refractivity contribution in [1.29, 1.82) is 0 Å². The molecule has 0 bridgehead atoms. The summed E-state index contributed by atoms with van der Waals surface area (Å²) in [5.41, 5.74) is 2.53. The smallest absolute Gasteiger partial charge is 0.142 e. The number of aryl methyl sites for hydroxylation is 1. The predicted octanol–water partition coefficient (Wildman–Crippen LogP) is 2.85. The first kappa shape index (κ1) is 11.4. The number of thiocarbonyl (C=S) groups is 1. The van der Waals surface area contributed by atoms with Gasteiger partial charge in [0.1, 0.15) is 10.1 Å². The molecular weight excluding hydrogens is 236 g/mol. The minimum absolute atomic E-state index is 0.529. The zero-order chi connectivity index (χ0) is 11.5. The van der Waals surface area contributed by atoms with Crippen molar-refractivity contribution >= 4 is 29.2 Å². The van der Waals surface area contributed by atoms with Gasteiger partial charge in [-0.15, -0.1) is 12.6 Å². The lowest BCUT2D eigenvalue weighted by atomic mass is 10.1. The number of hydrogen-bond donors (Lipinski definition) is 1. The summed E-state index contributed by atoms with van der Waals surface area (Å²) in [6, 6.07) is 8.28. The zero-order valence-corrected chi connectivity index (χ0v) is 10.6. The Hall–Kier alpha value is -1.13. The summed E-state index contributed by atoms with van der Waals surface area (Å²) in [7, 11) is 0. The van der Waals surface area contributed by atoms with Crippen LogP contribution >= 0.6 is 24.8 Å². The molecule has 1 aromatic carbocycles. The maximum atomic E-state index is 5.04. The number of aromatic nitrogens is 2. The average Bonchev–Trinajstić information content (AvgIpc) is 2.69. The van der Waals surface area contributed by atoms with Crippen molar-refractivity contribution in [3.8, 4) is 0 Å². The minimum atomic E-state index is 0.529. The molecule has 2 rings (SSSR count). The van der Waals surface area contributed by atoms with E-state index in [1.165, 1.54) is 11.1 Å². The Labute approximate surface area is 106 Å². The number of imidazole rings is 1. The third-order valence-electron chi connectivity index (χ3n) is 2.53. The molecule has 0 radical (unpaired) electrons. The maximum absolute atomic E-state index is 5.04. The van der Waals surface area contributed by atoms with E-state index < -0.39 is 0 Å². The van der Waals surface area contributed by atoms with Crippen molar-refractivity contribution in [3.05, 3.63) is 53.6 Å². The van der Waals surface area contributed by atoms with E-state index in [9.17, 15) is 0 Å². The molecule has 0 saturated heterocycles. The summed E-state index contributed by atoms with van der Waals surface area (Å²) in [5.74, 6) is 0.925. The van der Waals surface area contributed by atoms with Gasteiger partial charge in [0, 0.05) is 18.8 Å². The van der Waals surface area contributed by atoms with Gasteiger partial charge in [0.2, 0.25) is 0 Å². The molecule has 0 aliphatic rings. The molecule has 0 unspecified atom stereocenters. The second-order valence-corrected chi connectivity index (χ2v) is 4.71. The lowest BCUT2D eigenvalue weighted by Gasteiger charge is -2.07. The first-order valence-corrected chi connectivity index (χ1v) is 5.84. The minimum Gasteiger partial charge on any atom is -0.289 e. The summed E-state index contributed by atoms with van der Waals surface area (Å²) < 4.78 is 2.35. The third kappa shape index (κ3) is 2.33. The van der Waals surface area contributed by atoms with E-state index in [0.29, 0.717) is 4.32 Å². The highest BCUT2D eigenvalue weighted by Gasteiger charge is 2.06. The Morgan fingerprint density at radius 2 is 2.19 bits per heavy atom. The zero-order valence-electron chi connectivity index (χ0n) is 8.92. The summed E-state index contributed by atoms with van der Waals surface area (Å²) >= 11 is 9.21. The molecule has 0 aliphatic carbocycles. The number of nitrogens with zero attached hydrogens (tertiary/aromatic N) is 2. The van der Waals surface area contributed by atoms with Crippen LogP contribution in [0.5, 0.6) is 0 Å². The van der Waals surface area contributed by atoms with Crippen molar-refractivity contribution in [3.63, 3.8) is 0 Å². The quantitative estimate of drug-likeness (QED) is 0.650. The van der Waals surface area contributed by atoms with Crippen LogP contribution in [0.15, 0.2) is 36.7 Å². The highest BCUT2D eigenvalue weighted by Crippen LogP contribution is 2.13. The van der Waals surface area contributed by atoms with Crippen molar-refractivity contribution in [2.45, 2.75) is 13.3 Å². The molecule has 4 heteroatoms. The predicted molar refractivity (Wildman–Crippen MR) is 73.2 cm³/mol. The van der Waals surface area contributed by atoms with Crippen molar-refractivity contribution in [1.82, 2.24) is 9.55 Å². The number of benzene rings is 1. The van der Waals surface area contributed by atoms with Gasteiger partial charge in [-0.1, -0.05) is 36.5 Å². The summed E-state index contributed by atoms with van der Waals surface area (Å²) in [4.78, 5) is 4.30. The van der Waals surface area contributed by atoms with Gasteiger partial charge in [0.15, 0.2) is 0 Å². The fourth-order valence-corrected chi connectivity index (χ4v) is 1.97. The molecule has 0 N–H and O–H groups in total. The Balaban J connectivity index is 2.31. The number of thiol groups is 1. The Kier molecular flexibility index (Phi) is 3.41. The van der Waals surface area contributed by atoms with Crippen LogP contribution < -0.4 is 0 Å². The van der Waals surface area contributed by atoms with Crippen molar-refractivity contribution in [2.75, 3.05) is 0 Å². The molecule has 1 aromatic heterocycles. The highest BCUT2D eigenvalue weighted by molar-refractivity contribution is 8.11. The standard InChI is InChI=1S/C12H12N2S2/c1-9-4-2-3-5-10(9)8-11-13-6-7-14(11)12(15)16/h2-7H,8H2,1H3,(H,15,16). The van der Waals surface area contributed by atoms with Crippen LogP contribution in [-0.2, 0) is 6.42 Å². The molecule has 2 nitrogen and oxygen atoms in total. The molecule has 16 heavy (non-hydrogen) atoms. The van der Waals surface area contributed by atoms with Crippen molar-refractivity contribution in [2.24, 2.45) is 0 Å². The summed E-state index contributed by atoms with van der Waals surface area (Å²) in [6.07, 6.45) is 4.36. The summed E-state index contributed by atoms with van der Waals surface area (Å²) in [6.45, 7) is 2.10. The Morgan fingerprint density at radius 1 is 1.44 bits per heavy atom. The van der Waals surface area contributed by atoms with Crippen LogP contribution in [0, 0.1) is 6.92 Å². The molecular formula is C12H12N2S2. The van der Waals surface area contributed by atoms with E-state index in [1.54, 1.807) is 6.20 Å². The van der Waals surface area contributed by atoms with Crippen LogP contribution in [-0.4, -0.2) is 13.9 Å². The van der Waals surface area contributed by atoms with Crippen LogP contribution in [0.25, 0.3) is 0 Å². The monoisotopic (exact) mass is 248 g/mol. The second kappa shape index (κ2) is 4.80. The van der Waals surface area contributed by atoms with Crippen LogP contribution in [0.3, 0.4) is 0 Å². The molecule has 0 fully saturated rings. The van der Waals surface area contributed by atoms with E-state index in [1.807, 2.05) is 22.9 Å². The molecule has 2 aromatic rings. The molecule has 0 saturated carbocycles. The van der Waals surface area contributed by atoms with Gasteiger partial charge >= 0.3 is 0 Å². The summed E-state index contributed by atoms with van der Waals surface area (Å²) in [5, 5.41) is 0. The van der Waals surface area contributed by atoms with Gasteiger partial charge in [-0.3, -0.25) is 4.57 Å². The number of rotatable bonds is 2. The fourth-order valence-electron chi connectivity index (χ4n) is 1.62. The van der Waals surface area contributed by atoms with E-state index in [-0.39, 0.29) is 0 Å². The topological polar surface area (TPSA) is 17.8 Å². The molecule has 0 atom stereocenters. The second-order valence-electron chi connectivity index (χ2n) is 3.60. The van der Waals surface area contributed by atoms with Crippen LogP contribution in [0.2, 0.25) is 0 Å². The molecule has 0 aliphatic heterocycles.